The number of aromatic nitrogens is 7. The van der Waals surface area contributed by atoms with Crippen LogP contribution >= 0.6 is 0 Å². The van der Waals surface area contributed by atoms with Gasteiger partial charge in [0.1, 0.15) is 6.10 Å². The van der Waals surface area contributed by atoms with Gasteiger partial charge in [-0.15, -0.1) is 5.10 Å². The van der Waals surface area contributed by atoms with E-state index in [1.807, 2.05) is 54.7 Å². The van der Waals surface area contributed by atoms with E-state index in [4.69, 9.17) is 19.6 Å². The van der Waals surface area contributed by atoms with Gasteiger partial charge in [0.2, 0.25) is 11.8 Å². The van der Waals surface area contributed by atoms with Crippen LogP contribution in [0, 0.1) is 6.92 Å². The maximum Gasteiger partial charge on any atom is 0.240 e. The number of aryl methyl sites for hydroxylation is 2. The van der Waals surface area contributed by atoms with Gasteiger partial charge in [-0.1, -0.05) is 0 Å². The van der Waals surface area contributed by atoms with Crippen LogP contribution < -0.4 is 9.47 Å². The van der Waals surface area contributed by atoms with Crippen molar-refractivity contribution in [2.24, 2.45) is 7.05 Å². The molecule has 0 unspecified atom stereocenters. The SMILES string of the molecule is CCOc1nn(CCO)c2c1/C=C/c1n[nH]c3cnc(cc13)-c1c(C)nn(C)c1O[C@H](C)[C@H]1CCCN1C2. The molecule has 2 bridgehead atoms. The van der Waals surface area contributed by atoms with E-state index in [0.29, 0.717) is 31.5 Å². The summed E-state index contributed by atoms with van der Waals surface area (Å²) in [5.41, 5.74) is 6.11. The number of rotatable bonds is 4. The topological polar surface area (TPSA) is 119 Å². The second kappa shape index (κ2) is 9.88. The molecule has 200 valence electrons. The molecule has 2 aliphatic rings. The highest BCUT2D eigenvalue weighted by molar-refractivity contribution is 5.92. The Morgan fingerprint density at radius 2 is 2.13 bits per heavy atom. The summed E-state index contributed by atoms with van der Waals surface area (Å²) in [5.74, 6) is 1.28. The molecule has 0 spiro atoms. The number of nitrogens with one attached hydrogen (secondary N) is 1. The van der Waals surface area contributed by atoms with Crippen molar-refractivity contribution in [3.63, 3.8) is 0 Å². The first-order valence-electron chi connectivity index (χ1n) is 13.3. The lowest BCUT2D eigenvalue weighted by Gasteiger charge is -2.30. The van der Waals surface area contributed by atoms with E-state index >= 15 is 0 Å². The van der Waals surface area contributed by atoms with Crippen LogP contribution in [0.25, 0.3) is 34.3 Å². The smallest absolute Gasteiger partial charge is 0.240 e. The Bertz CT molecular complexity index is 1500. The standard InChI is InChI=1S/C27H34N8O3/c1-5-37-26-18-8-9-20-19-13-21(28-14-22(19)30-29-20)25-16(2)31-33(4)27(25)38-17(3)23-7-6-10-34(23)15-24(18)35(32-26)11-12-36/h8-9,13-14,17,23,36H,5-7,10-12,15H2,1-4H3,(H,29,30)/b9-8+/t17-,23-/m1/s1. The molecule has 0 amide bonds. The second-order valence-electron chi connectivity index (χ2n) is 9.99. The van der Waals surface area contributed by atoms with Crippen molar-refractivity contribution < 1.29 is 14.6 Å². The van der Waals surface area contributed by atoms with Gasteiger partial charge in [0, 0.05) is 25.0 Å². The Balaban J connectivity index is 1.56. The predicted octanol–water partition coefficient (Wildman–Crippen LogP) is 3.17. The van der Waals surface area contributed by atoms with Crippen LogP contribution in [0.3, 0.4) is 0 Å². The number of hydrogen-bond donors (Lipinski definition) is 2. The Labute approximate surface area is 221 Å². The molecule has 4 aromatic rings. The monoisotopic (exact) mass is 518 g/mol. The number of ether oxygens (including phenoxy) is 2. The second-order valence-corrected chi connectivity index (χ2v) is 9.99. The van der Waals surface area contributed by atoms with Gasteiger partial charge >= 0.3 is 0 Å². The lowest BCUT2D eigenvalue weighted by molar-refractivity contribution is 0.0920. The molecule has 6 rings (SSSR count). The summed E-state index contributed by atoms with van der Waals surface area (Å²) in [4.78, 5) is 7.19. The highest BCUT2D eigenvalue weighted by Crippen LogP contribution is 2.37. The third-order valence-electron chi connectivity index (χ3n) is 7.57. The van der Waals surface area contributed by atoms with Gasteiger partial charge in [0.05, 0.1) is 65.4 Å². The van der Waals surface area contributed by atoms with E-state index in [1.165, 1.54) is 0 Å². The summed E-state index contributed by atoms with van der Waals surface area (Å²) in [5, 5.41) is 27.8. The molecule has 2 aliphatic heterocycles. The van der Waals surface area contributed by atoms with Crippen LogP contribution in [0.2, 0.25) is 0 Å². The van der Waals surface area contributed by atoms with Crippen molar-refractivity contribution in [2.75, 3.05) is 19.8 Å². The van der Waals surface area contributed by atoms with Crippen molar-refractivity contribution in [1.82, 2.24) is 39.6 Å². The zero-order chi connectivity index (χ0) is 26.4. The molecule has 2 atom stereocenters. The molecular formula is C27H34N8O3. The average molecular weight is 519 g/mol. The molecule has 0 aromatic carbocycles. The minimum absolute atomic E-state index is 0.00522. The summed E-state index contributed by atoms with van der Waals surface area (Å²) in [7, 11) is 1.92. The molecule has 4 aromatic heterocycles. The first-order chi connectivity index (χ1) is 18.5. The highest BCUT2D eigenvalue weighted by atomic mass is 16.5. The number of aliphatic hydroxyl groups excluding tert-OH is 1. The zero-order valence-electron chi connectivity index (χ0n) is 22.3. The van der Waals surface area contributed by atoms with Gasteiger partial charge in [-0.2, -0.15) is 10.2 Å². The maximum absolute atomic E-state index is 9.79. The molecule has 38 heavy (non-hydrogen) atoms. The molecule has 1 saturated heterocycles. The first-order valence-corrected chi connectivity index (χ1v) is 13.3. The number of aliphatic hydroxyl groups is 1. The third kappa shape index (κ3) is 4.15. The molecule has 0 saturated carbocycles. The largest absolute Gasteiger partial charge is 0.476 e. The molecule has 6 heterocycles. The Morgan fingerprint density at radius 3 is 2.95 bits per heavy atom. The predicted molar refractivity (Wildman–Crippen MR) is 144 cm³/mol. The van der Waals surface area contributed by atoms with E-state index < -0.39 is 0 Å². The van der Waals surface area contributed by atoms with Gasteiger partial charge in [-0.3, -0.25) is 19.7 Å². The first kappa shape index (κ1) is 24.6. The minimum Gasteiger partial charge on any atom is -0.476 e. The van der Waals surface area contributed by atoms with E-state index in [9.17, 15) is 5.11 Å². The maximum atomic E-state index is 9.79. The summed E-state index contributed by atoms with van der Waals surface area (Å²) in [6.07, 6.45) is 7.87. The van der Waals surface area contributed by atoms with E-state index in [-0.39, 0.29) is 18.8 Å². The van der Waals surface area contributed by atoms with Gasteiger partial charge in [-0.05, 0) is 58.4 Å². The summed E-state index contributed by atoms with van der Waals surface area (Å²) in [6.45, 7) is 8.59. The number of nitrogens with zero attached hydrogens (tertiary/aromatic N) is 7. The van der Waals surface area contributed by atoms with Crippen molar-refractivity contribution in [3.05, 3.63) is 34.9 Å². The summed E-state index contributed by atoms with van der Waals surface area (Å²) < 4.78 is 16.3. The van der Waals surface area contributed by atoms with Crippen molar-refractivity contribution in [2.45, 2.75) is 58.8 Å². The average Bonchev–Trinajstić information content (AvgIpc) is 3.65. The molecule has 11 nitrogen and oxygen atoms in total. The van der Waals surface area contributed by atoms with Crippen LogP contribution in [0.4, 0.5) is 0 Å². The normalized spacial score (nSPS) is 20.4. The van der Waals surface area contributed by atoms with Gasteiger partial charge in [0.25, 0.3) is 0 Å². The molecule has 0 aliphatic carbocycles. The van der Waals surface area contributed by atoms with Gasteiger partial charge < -0.3 is 14.6 Å². The van der Waals surface area contributed by atoms with Crippen molar-refractivity contribution >= 4 is 23.1 Å². The number of fused-ring (bicyclic) bond motifs is 5. The van der Waals surface area contributed by atoms with Crippen LogP contribution in [0.15, 0.2) is 12.3 Å². The van der Waals surface area contributed by atoms with Crippen LogP contribution in [-0.4, -0.2) is 76.7 Å². The molecular weight excluding hydrogens is 484 g/mol. The molecule has 11 heteroatoms. The lowest BCUT2D eigenvalue weighted by atomic mass is 10.1. The number of hydrogen-bond acceptors (Lipinski definition) is 8. The fourth-order valence-corrected chi connectivity index (χ4v) is 5.80. The highest BCUT2D eigenvalue weighted by Gasteiger charge is 2.34. The molecule has 0 radical (unpaired) electrons. The molecule has 2 N–H and O–H groups in total. The Hall–Kier alpha value is -3.70. The van der Waals surface area contributed by atoms with Crippen molar-refractivity contribution in [1.29, 1.82) is 0 Å². The Kier molecular flexibility index (Phi) is 6.40. The van der Waals surface area contributed by atoms with E-state index in [1.54, 1.807) is 0 Å². The van der Waals surface area contributed by atoms with E-state index in [0.717, 1.165) is 64.2 Å². The van der Waals surface area contributed by atoms with Crippen LogP contribution in [-0.2, 0) is 20.1 Å². The zero-order valence-corrected chi connectivity index (χ0v) is 22.3. The number of H-pyrrole nitrogens is 1. The molecule has 1 fully saturated rings. The van der Waals surface area contributed by atoms with Crippen LogP contribution in [0.1, 0.15) is 49.3 Å². The number of pyridine rings is 1. The summed E-state index contributed by atoms with van der Waals surface area (Å²) >= 11 is 0. The third-order valence-corrected chi connectivity index (χ3v) is 7.57. The Morgan fingerprint density at radius 1 is 1.26 bits per heavy atom. The van der Waals surface area contributed by atoms with Crippen molar-refractivity contribution in [3.8, 4) is 23.0 Å². The number of aromatic amines is 1. The van der Waals surface area contributed by atoms with Gasteiger partial charge in [0.15, 0.2) is 0 Å². The van der Waals surface area contributed by atoms with Crippen LogP contribution in [0.5, 0.6) is 11.8 Å². The lowest BCUT2D eigenvalue weighted by Crippen LogP contribution is -2.41. The fraction of sp³-hybridized carbons (Fsp3) is 0.481. The quantitative estimate of drug-likeness (QED) is 0.423. The van der Waals surface area contributed by atoms with Gasteiger partial charge in [-0.25, -0.2) is 4.68 Å². The fourth-order valence-electron chi connectivity index (χ4n) is 5.80. The van der Waals surface area contributed by atoms with E-state index in [2.05, 4.69) is 27.1 Å². The summed E-state index contributed by atoms with van der Waals surface area (Å²) in [6, 6.07) is 2.25. The minimum atomic E-state index is -0.0797.